The first-order valence-electron chi connectivity index (χ1n) is 7.36. The van der Waals surface area contributed by atoms with E-state index in [9.17, 15) is 0 Å². The molecule has 2 nitrogen and oxygen atoms in total. The van der Waals surface area contributed by atoms with Crippen molar-refractivity contribution in [2.75, 3.05) is 19.3 Å². The van der Waals surface area contributed by atoms with Crippen LogP contribution in [-0.2, 0) is 0 Å². The summed E-state index contributed by atoms with van der Waals surface area (Å²) in [5, 5.41) is 0. The van der Waals surface area contributed by atoms with E-state index in [1.807, 2.05) is 0 Å². The van der Waals surface area contributed by atoms with Gasteiger partial charge >= 0.3 is 0 Å². The monoisotopic (exact) mass is 278 g/mol. The van der Waals surface area contributed by atoms with Gasteiger partial charge in [-0.25, -0.2) is 0 Å². The van der Waals surface area contributed by atoms with E-state index >= 15 is 0 Å². The van der Waals surface area contributed by atoms with Crippen molar-refractivity contribution in [3.63, 3.8) is 0 Å². The number of nitrogens with two attached hydrogens (primary N) is 1. The fourth-order valence-corrected chi connectivity index (χ4v) is 3.52. The molecule has 1 aromatic carbocycles. The molecule has 0 saturated carbocycles. The molecule has 0 amide bonds. The normalized spacial score (nSPS) is 22.4. The van der Waals surface area contributed by atoms with Crippen LogP contribution in [0.3, 0.4) is 0 Å². The first kappa shape index (κ1) is 14.9. The number of thioether (sulfide) groups is 1. The van der Waals surface area contributed by atoms with Crippen molar-refractivity contribution in [2.45, 2.75) is 49.6 Å². The smallest absolute Gasteiger partial charge is 0.0322 e. The number of rotatable bonds is 5. The Labute approximate surface area is 121 Å². The Morgan fingerprint density at radius 2 is 2.05 bits per heavy atom. The van der Waals surface area contributed by atoms with E-state index in [2.05, 4.69) is 42.3 Å². The minimum Gasteiger partial charge on any atom is -0.330 e. The fraction of sp³-hybridized carbons (Fsp3) is 0.625. The number of piperidine rings is 1. The third-order valence-corrected chi connectivity index (χ3v) is 5.01. The average molecular weight is 278 g/mol. The second-order valence-corrected chi connectivity index (χ2v) is 6.29. The van der Waals surface area contributed by atoms with Crippen molar-refractivity contribution < 1.29 is 0 Å². The Morgan fingerprint density at radius 3 is 2.68 bits per heavy atom. The Morgan fingerprint density at radius 1 is 1.32 bits per heavy atom. The van der Waals surface area contributed by atoms with E-state index in [0.29, 0.717) is 12.1 Å². The lowest BCUT2D eigenvalue weighted by Gasteiger charge is -2.40. The summed E-state index contributed by atoms with van der Waals surface area (Å²) in [6.07, 6.45) is 7.26. The molecular formula is C16H26N2S. The molecular weight excluding hydrogens is 252 g/mol. The highest BCUT2D eigenvalue weighted by Crippen LogP contribution is 2.30. The van der Waals surface area contributed by atoms with E-state index in [0.717, 1.165) is 13.0 Å². The summed E-state index contributed by atoms with van der Waals surface area (Å²) in [7, 11) is 0. The summed E-state index contributed by atoms with van der Waals surface area (Å²) < 4.78 is 0. The molecule has 1 aromatic rings. The molecule has 106 valence electrons. The lowest BCUT2D eigenvalue weighted by Crippen LogP contribution is -2.42. The maximum atomic E-state index is 5.77. The summed E-state index contributed by atoms with van der Waals surface area (Å²) in [4.78, 5) is 4.00. The zero-order valence-corrected chi connectivity index (χ0v) is 13.0. The van der Waals surface area contributed by atoms with Crippen LogP contribution in [0, 0.1) is 0 Å². The molecule has 1 fully saturated rings. The zero-order chi connectivity index (χ0) is 13.7. The van der Waals surface area contributed by atoms with Crippen molar-refractivity contribution in [3.05, 3.63) is 29.8 Å². The number of likely N-dealkylation sites (tertiary alicyclic amines) is 1. The van der Waals surface area contributed by atoms with Gasteiger partial charge in [0.1, 0.15) is 0 Å². The van der Waals surface area contributed by atoms with Gasteiger partial charge in [0.2, 0.25) is 0 Å². The summed E-state index contributed by atoms with van der Waals surface area (Å²) in [5.41, 5.74) is 7.20. The van der Waals surface area contributed by atoms with Crippen LogP contribution in [0.2, 0.25) is 0 Å². The third kappa shape index (κ3) is 3.74. The Hall–Kier alpha value is -0.510. The van der Waals surface area contributed by atoms with Gasteiger partial charge in [-0.2, -0.15) is 0 Å². The molecule has 0 bridgehead atoms. The van der Waals surface area contributed by atoms with E-state index in [-0.39, 0.29) is 0 Å². The van der Waals surface area contributed by atoms with Crippen molar-refractivity contribution in [1.29, 1.82) is 0 Å². The molecule has 2 atom stereocenters. The van der Waals surface area contributed by atoms with Crippen molar-refractivity contribution in [2.24, 2.45) is 5.73 Å². The minimum absolute atomic E-state index is 0.507. The van der Waals surface area contributed by atoms with Crippen LogP contribution >= 0.6 is 11.8 Å². The second kappa shape index (κ2) is 7.32. The van der Waals surface area contributed by atoms with Gasteiger partial charge < -0.3 is 5.73 Å². The zero-order valence-electron chi connectivity index (χ0n) is 12.1. The van der Waals surface area contributed by atoms with E-state index in [1.54, 1.807) is 11.8 Å². The molecule has 2 rings (SSSR count). The van der Waals surface area contributed by atoms with Gasteiger partial charge in [0.15, 0.2) is 0 Å². The van der Waals surface area contributed by atoms with Crippen LogP contribution in [0.25, 0.3) is 0 Å². The van der Waals surface area contributed by atoms with Gasteiger partial charge in [0, 0.05) is 17.0 Å². The molecule has 0 aromatic heterocycles. The summed E-state index contributed by atoms with van der Waals surface area (Å²) in [6.45, 7) is 4.36. The quantitative estimate of drug-likeness (QED) is 0.833. The molecule has 3 heteroatoms. The highest BCUT2D eigenvalue weighted by atomic mass is 32.2. The number of hydrogen-bond acceptors (Lipinski definition) is 3. The van der Waals surface area contributed by atoms with Crippen molar-refractivity contribution >= 4 is 11.8 Å². The Balaban J connectivity index is 2.08. The molecule has 0 spiro atoms. The number of hydrogen-bond donors (Lipinski definition) is 1. The topological polar surface area (TPSA) is 29.3 Å². The first-order chi connectivity index (χ1) is 9.26. The summed E-state index contributed by atoms with van der Waals surface area (Å²) in [5.74, 6) is 0. The van der Waals surface area contributed by atoms with Crippen LogP contribution in [0.15, 0.2) is 29.2 Å². The van der Waals surface area contributed by atoms with E-state index in [4.69, 9.17) is 5.73 Å². The molecule has 0 aliphatic carbocycles. The van der Waals surface area contributed by atoms with E-state index < -0.39 is 0 Å². The lowest BCUT2D eigenvalue weighted by molar-refractivity contribution is 0.0984. The predicted octanol–water partition coefficient (Wildman–Crippen LogP) is 3.67. The average Bonchev–Trinajstić information content (AvgIpc) is 2.47. The van der Waals surface area contributed by atoms with Gasteiger partial charge in [0.05, 0.1) is 0 Å². The van der Waals surface area contributed by atoms with Crippen LogP contribution in [0.4, 0.5) is 0 Å². The summed E-state index contributed by atoms with van der Waals surface area (Å²) in [6, 6.07) is 10.2. The number of benzene rings is 1. The lowest BCUT2D eigenvalue weighted by atomic mass is 9.95. The first-order valence-corrected chi connectivity index (χ1v) is 8.58. The second-order valence-electron chi connectivity index (χ2n) is 5.41. The van der Waals surface area contributed by atoms with Crippen LogP contribution in [0.5, 0.6) is 0 Å². The minimum atomic E-state index is 0.507. The predicted molar refractivity (Wildman–Crippen MR) is 84.7 cm³/mol. The van der Waals surface area contributed by atoms with Gasteiger partial charge in [0.25, 0.3) is 0 Å². The van der Waals surface area contributed by atoms with Crippen molar-refractivity contribution in [3.8, 4) is 0 Å². The SMILES string of the molecule is CSc1ccc(C(C)N2CCCCC2CCN)cc1. The standard InChI is InChI=1S/C16H26N2S/c1-13(14-6-8-16(19-2)9-7-14)18-12-4-3-5-15(18)10-11-17/h6-9,13,15H,3-5,10-12,17H2,1-2H3. The molecule has 19 heavy (non-hydrogen) atoms. The van der Waals surface area contributed by atoms with Crippen LogP contribution in [0.1, 0.15) is 44.2 Å². The van der Waals surface area contributed by atoms with Crippen LogP contribution in [-0.4, -0.2) is 30.3 Å². The Kier molecular flexibility index (Phi) is 5.74. The molecule has 1 aliphatic heterocycles. The van der Waals surface area contributed by atoms with Gasteiger partial charge in [-0.05, 0) is 63.2 Å². The van der Waals surface area contributed by atoms with Gasteiger partial charge in [-0.15, -0.1) is 11.8 Å². The Bertz CT molecular complexity index is 375. The maximum Gasteiger partial charge on any atom is 0.0322 e. The maximum absolute atomic E-state index is 5.77. The largest absolute Gasteiger partial charge is 0.330 e. The van der Waals surface area contributed by atoms with Crippen molar-refractivity contribution in [1.82, 2.24) is 4.90 Å². The van der Waals surface area contributed by atoms with Gasteiger partial charge in [-0.1, -0.05) is 18.6 Å². The fourth-order valence-electron chi connectivity index (χ4n) is 3.11. The third-order valence-electron chi connectivity index (χ3n) is 4.27. The highest BCUT2D eigenvalue weighted by Gasteiger charge is 2.26. The molecule has 1 heterocycles. The van der Waals surface area contributed by atoms with Gasteiger partial charge in [-0.3, -0.25) is 4.90 Å². The molecule has 1 saturated heterocycles. The molecule has 0 radical (unpaired) electrons. The van der Waals surface area contributed by atoms with Crippen LogP contribution < -0.4 is 5.73 Å². The molecule has 2 N–H and O–H groups in total. The van der Waals surface area contributed by atoms with E-state index in [1.165, 1.54) is 36.3 Å². The summed E-state index contributed by atoms with van der Waals surface area (Å²) >= 11 is 1.80. The molecule has 1 aliphatic rings. The number of nitrogens with zero attached hydrogens (tertiary/aromatic N) is 1. The molecule has 2 unspecified atom stereocenters. The highest BCUT2D eigenvalue weighted by molar-refractivity contribution is 7.98.